The number of hydrogen-bond acceptors (Lipinski definition) is 1. The molecule has 15 heavy (non-hydrogen) atoms. The Kier molecular flexibility index (Phi) is 3.20. The summed E-state index contributed by atoms with van der Waals surface area (Å²) in [7, 11) is 0. The number of aliphatic hydroxyl groups excluding tert-OH is 1. The lowest BCUT2D eigenvalue weighted by atomic mass is 9.68. The van der Waals surface area contributed by atoms with Gasteiger partial charge in [-0.3, -0.25) is 0 Å². The Morgan fingerprint density at radius 1 is 1.33 bits per heavy atom. The Hall–Kier alpha value is -0.300. The molecule has 0 heterocycles. The Morgan fingerprint density at radius 3 is 2.73 bits per heavy atom. The van der Waals surface area contributed by atoms with E-state index in [-0.39, 0.29) is 0 Å². The first-order valence-corrected chi connectivity index (χ1v) is 6.43. The Labute approximate surface area is 93.6 Å². The highest BCUT2D eigenvalue weighted by Crippen LogP contribution is 2.59. The first-order chi connectivity index (χ1) is 7.16. The van der Waals surface area contributed by atoms with E-state index in [1.54, 1.807) is 0 Å². The van der Waals surface area contributed by atoms with E-state index in [9.17, 15) is 0 Å². The maximum atomic E-state index is 8.73. The molecule has 0 aliphatic heterocycles. The standard InChI is InChI=1S/C14H24O/c1-14(2)12-8-7-11(10-12)13(14)6-4-3-5-9-15/h4,6,11-13,15H,3,5,7-10H2,1-2H3. The molecule has 0 aromatic carbocycles. The first kappa shape index (κ1) is 11.2. The molecule has 0 spiro atoms. The first-order valence-electron chi connectivity index (χ1n) is 6.43. The SMILES string of the molecule is CC1(C)C2CCC(C2)C1C=CCCCO. The second kappa shape index (κ2) is 4.29. The van der Waals surface area contributed by atoms with Crippen LogP contribution in [0.15, 0.2) is 12.2 Å². The molecule has 3 atom stereocenters. The predicted molar refractivity (Wildman–Crippen MR) is 63.6 cm³/mol. The zero-order chi connectivity index (χ0) is 10.9. The van der Waals surface area contributed by atoms with Crippen LogP contribution in [0.5, 0.6) is 0 Å². The van der Waals surface area contributed by atoms with Crippen molar-refractivity contribution >= 4 is 0 Å². The van der Waals surface area contributed by atoms with Crippen molar-refractivity contribution in [3.63, 3.8) is 0 Å². The summed E-state index contributed by atoms with van der Waals surface area (Å²) in [6, 6.07) is 0. The molecule has 1 N–H and O–H groups in total. The lowest BCUT2D eigenvalue weighted by Gasteiger charge is -2.36. The third kappa shape index (κ3) is 1.99. The number of allylic oxidation sites excluding steroid dienone is 2. The molecule has 0 radical (unpaired) electrons. The monoisotopic (exact) mass is 208 g/mol. The second-order valence-corrected chi connectivity index (χ2v) is 5.91. The molecule has 0 aromatic heterocycles. The lowest BCUT2D eigenvalue weighted by molar-refractivity contribution is 0.158. The zero-order valence-corrected chi connectivity index (χ0v) is 10.1. The van der Waals surface area contributed by atoms with Crippen molar-refractivity contribution in [2.24, 2.45) is 23.2 Å². The molecule has 1 heteroatoms. The number of unbranched alkanes of at least 4 members (excludes halogenated alkanes) is 1. The lowest BCUT2D eigenvalue weighted by Crippen LogP contribution is -2.29. The van der Waals surface area contributed by atoms with Gasteiger partial charge in [0.1, 0.15) is 0 Å². The third-order valence-electron chi connectivity index (χ3n) is 4.76. The van der Waals surface area contributed by atoms with Crippen molar-refractivity contribution in [1.29, 1.82) is 0 Å². The van der Waals surface area contributed by atoms with Gasteiger partial charge in [-0.2, -0.15) is 0 Å². The summed E-state index contributed by atoms with van der Waals surface area (Å²) in [4.78, 5) is 0. The van der Waals surface area contributed by atoms with E-state index in [1.165, 1.54) is 19.3 Å². The van der Waals surface area contributed by atoms with E-state index in [2.05, 4.69) is 26.0 Å². The van der Waals surface area contributed by atoms with Gasteiger partial charge < -0.3 is 5.11 Å². The summed E-state index contributed by atoms with van der Waals surface area (Å²) in [5, 5.41) is 8.73. The van der Waals surface area contributed by atoms with Gasteiger partial charge in [-0.15, -0.1) is 0 Å². The maximum Gasteiger partial charge on any atom is 0.0433 e. The molecule has 2 bridgehead atoms. The molecule has 2 fully saturated rings. The fourth-order valence-electron chi connectivity index (χ4n) is 3.76. The Morgan fingerprint density at radius 2 is 2.13 bits per heavy atom. The normalized spacial score (nSPS) is 37.9. The molecule has 2 aliphatic rings. The Bertz CT molecular complexity index is 242. The average Bonchev–Trinajstić information content (AvgIpc) is 2.73. The van der Waals surface area contributed by atoms with Gasteiger partial charge in [0, 0.05) is 6.61 Å². The van der Waals surface area contributed by atoms with Gasteiger partial charge in [-0.1, -0.05) is 26.0 Å². The van der Waals surface area contributed by atoms with Crippen LogP contribution in [0.25, 0.3) is 0 Å². The molecule has 2 saturated carbocycles. The van der Waals surface area contributed by atoms with Crippen LogP contribution in [-0.4, -0.2) is 11.7 Å². The van der Waals surface area contributed by atoms with Crippen LogP contribution >= 0.6 is 0 Å². The van der Waals surface area contributed by atoms with Crippen LogP contribution in [0, 0.1) is 23.2 Å². The average molecular weight is 208 g/mol. The van der Waals surface area contributed by atoms with E-state index in [4.69, 9.17) is 5.11 Å². The van der Waals surface area contributed by atoms with E-state index < -0.39 is 0 Å². The largest absolute Gasteiger partial charge is 0.396 e. The highest BCUT2D eigenvalue weighted by Gasteiger charge is 2.51. The summed E-state index contributed by atoms with van der Waals surface area (Å²) in [6.45, 7) is 5.21. The van der Waals surface area contributed by atoms with E-state index in [0.29, 0.717) is 12.0 Å². The summed E-state index contributed by atoms with van der Waals surface area (Å²) < 4.78 is 0. The quantitative estimate of drug-likeness (QED) is 0.554. The predicted octanol–water partition coefficient (Wildman–Crippen LogP) is 3.39. The highest BCUT2D eigenvalue weighted by atomic mass is 16.2. The summed E-state index contributed by atoms with van der Waals surface area (Å²) in [5.41, 5.74) is 0.526. The number of aliphatic hydroxyl groups is 1. The van der Waals surface area contributed by atoms with Crippen LogP contribution in [-0.2, 0) is 0 Å². The highest BCUT2D eigenvalue weighted by molar-refractivity contribution is 5.09. The van der Waals surface area contributed by atoms with Crippen molar-refractivity contribution < 1.29 is 5.11 Å². The second-order valence-electron chi connectivity index (χ2n) is 5.91. The van der Waals surface area contributed by atoms with Gasteiger partial charge in [0.05, 0.1) is 0 Å². The van der Waals surface area contributed by atoms with Crippen LogP contribution < -0.4 is 0 Å². The molecule has 0 amide bonds. The Balaban J connectivity index is 1.94. The van der Waals surface area contributed by atoms with Crippen LogP contribution in [0.2, 0.25) is 0 Å². The van der Waals surface area contributed by atoms with Crippen LogP contribution in [0.1, 0.15) is 46.0 Å². The molecular weight excluding hydrogens is 184 g/mol. The van der Waals surface area contributed by atoms with Gasteiger partial charge in [-0.05, 0) is 55.3 Å². The molecular formula is C14H24O. The number of rotatable bonds is 4. The fourth-order valence-corrected chi connectivity index (χ4v) is 3.76. The van der Waals surface area contributed by atoms with Crippen LogP contribution in [0.4, 0.5) is 0 Å². The number of hydrogen-bond donors (Lipinski definition) is 1. The van der Waals surface area contributed by atoms with Gasteiger partial charge in [0.15, 0.2) is 0 Å². The zero-order valence-electron chi connectivity index (χ0n) is 10.1. The minimum Gasteiger partial charge on any atom is -0.396 e. The van der Waals surface area contributed by atoms with Crippen molar-refractivity contribution in [1.82, 2.24) is 0 Å². The van der Waals surface area contributed by atoms with Crippen molar-refractivity contribution in [2.45, 2.75) is 46.0 Å². The smallest absolute Gasteiger partial charge is 0.0433 e. The van der Waals surface area contributed by atoms with Gasteiger partial charge in [0.2, 0.25) is 0 Å². The maximum absolute atomic E-state index is 8.73. The summed E-state index contributed by atoms with van der Waals surface area (Å²) in [5.74, 6) is 2.72. The topological polar surface area (TPSA) is 20.2 Å². The van der Waals surface area contributed by atoms with Gasteiger partial charge in [0.25, 0.3) is 0 Å². The van der Waals surface area contributed by atoms with Crippen LogP contribution in [0.3, 0.4) is 0 Å². The minimum absolute atomic E-state index is 0.324. The van der Waals surface area contributed by atoms with E-state index >= 15 is 0 Å². The number of fused-ring (bicyclic) bond motifs is 2. The summed E-state index contributed by atoms with van der Waals surface area (Å²) in [6.07, 6.45) is 11.1. The van der Waals surface area contributed by atoms with E-state index in [1.807, 2.05) is 0 Å². The molecule has 86 valence electrons. The van der Waals surface area contributed by atoms with Gasteiger partial charge in [-0.25, -0.2) is 0 Å². The molecule has 2 rings (SSSR count). The van der Waals surface area contributed by atoms with Crippen molar-refractivity contribution in [3.05, 3.63) is 12.2 Å². The third-order valence-corrected chi connectivity index (χ3v) is 4.76. The molecule has 2 aliphatic carbocycles. The van der Waals surface area contributed by atoms with Crippen molar-refractivity contribution in [2.75, 3.05) is 6.61 Å². The molecule has 0 saturated heterocycles. The summed E-state index contributed by atoms with van der Waals surface area (Å²) >= 11 is 0. The minimum atomic E-state index is 0.324. The molecule has 1 nitrogen and oxygen atoms in total. The molecule has 3 unspecified atom stereocenters. The van der Waals surface area contributed by atoms with Gasteiger partial charge >= 0.3 is 0 Å². The fraction of sp³-hybridized carbons (Fsp3) is 0.857. The molecule has 0 aromatic rings. The van der Waals surface area contributed by atoms with Crippen molar-refractivity contribution in [3.8, 4) is 0 Å². The van der Waals surface area contributed by atoms with E-state index in [0.717, 1.165) is 30.6 Å².